The molecule has 0 aliphatic rings. The highest BCUT2D eigenvalue weighted by molar-refractivity contribution is 7.90. The Labute approximate surface area is 180 Å². The molecule has 29 heavy (non-hydrogen) atoms. The molecule has 0 radical (unpaired) electrons. The van der Waals surface area contributed by atoms with Gasteiger partial charge < -0.3 is 4.57 Å². The Morgan fingerprint density at radius 1 is 1.31 bits per heavy atom. The molecule has 0 saturated carbocycles. The van der Waals surface area contributed by atoms with Gasteiger partial charge in [0.15, 0.2) is 0 Å². The number of rotatable bonds is 5. The van der Waals surface area contributed by atoms with E-state index in [0.717, 1.165) is 6.26 Å². The minimum absolute atomic E-state index is 0.0337. The maximum absolute atomic E-state index is 12.4. The third-order valence-electron chi connectivity index (χ3n) is 3.52. The number of nitriles is 1. The van der Waals surface area contributed by atoms with E-state index < -0.39 is 20.9 Å². The number of hydrogen-bond donors (Lipinski definition) is 1. The summed E-state index contributed by atoms with van der Waals surface area (Å²) in [7, 11) is -3.60. The first kappa shape index (κ1) is 21.0. The summed E-state index contributed by atoms with van der Waals surface area (Å²) in [4.78, 5) is 16.2. The van der Waals surface area contributed by atoms with Gasteiger partial charge in [-0.2, -0.15) is 14.6 Å². The number of carbonyl (C=O) groups excluding carboxylic acids is 1. The van der Waals surface area contributed by atoms with Crippen molar-refractivity contribution in [1.82, 2.24) is 13.9 Å². The summed E-state index contributed by atoms with van der Waals surface area (Å²) in [6.07, 6.45) is 4.06. The van der Waals surface area contributed by atoms with Crippen molar-refractivity contribution in [2.45, 2.75) is 5.16 Å². The van der Waals surface area contributed by atoms with E-state index in [2.05, 4.69) is 14.7 Å². The molecular formula is C17H11Cl2N5O3S2. The number of carbonyl (C=O) groups is 1. The second-order valence-electron chi connectivity index (χ2n) is 5.71. The summed E-state index contributed by atoms with van der Waals surface area (Å²) in [5.74, 6) is -0.749. The number of hydrogen-bond acceptors (Lipinski definition) is 7. The van der Waals surface area contributed by atoms with Gasteiger partial charge >= 0.3 is 0 Å². The third-order valence-corrected chi connectivity index (χ3v) is 5.55. The largest absolute Gasteiger partial charge is 0.317 e. The topological polar surface area (TPSA) is 118 Å². The van der Waals surface area contributed by atoms with E-state index in [4.69, 9.17) is 23.2 Å². The summed E-state index contributed by atoms with van der Waals surface area (Å²) in [5, 5.41) is 12.2. The van der Waals surface area contributed by atoms with Crippen LogP contribution in [0.5, 0.6) is 0 Å². The van der Waals surface area contributed by atoms with E-state index >= 15 is 0 Å². The minimum Gasteiger partial charge on any atom is -0.317 e. The molecule has 0 unspecified atom stereocenters. The van der Waals surface area contributed by atoms with Gasteiger partial charge in [-0.25, -0.2) is 8.42 Å². The molecule has 148 valence electrons. The quantitative estimate of drug-likeness (QED) is 0.452. The van der Waals surface area contributed by atoms with Crippen LogP contribution in [0.15, 0.2) is 47.3 Å². The molecule has 0 spiro atoms. The Bertz CT molecular complexity index is 1250. The fraction of sp³-hybridized carbons (Fsp3) is 0.0588. The van der Waals surface area contributed by atoms with Gasteiger partial charge in [-0.05, 0) is 36.4 Å². The maximum atomic E-state index is 12.4. The summed E-state index contributed by atoms with van der Waals surface area (Å²) >= 11 is 12.8. The second kappa shape index (κ2) is 8.34. The van der Waals surface area contributed by atoms with Crippen molar-refractivity contribution in [2.24, 2.45) is 0 Å². The van der Waals surface area contributed by atoms with E-state index in [1.807, 2.05) is 6.07 Å². The molecular weight excluding hydrogens is 457 g/mol. The number of nitrogens with zero attached hydrogens (tertiary/aromatic N) is 4. The van der Waals surface area contributed by atoms with Gasteiger partial charge in [-0.3, -0.25) is 10.1 Å². The van der Waals surface area contributed by atoms with Crippen molar-refractivity contribution in [3.63, 3.8) is 0 Å². The van der Waals surface area contributed by atoms with Crippen molar-refractivity contribution in [3.8, 4) is 11.8 Å². The van der Waals surface area contributed by atoms with Crippen LogP contribution >= 0.6 is 34.7 Å². The summed E-state index contributed by atoms with van der Waals surface area (Å²) < 4.78 is 28.2. The first-order chi connectivity index (χ1) is 13.7. The number of sulfone groups is 1. The molecule has 1 N–H and O–H groups in total. The highest BCUT2D eigenvalue weighted by Gasteiger charge is 2.18. The smallest absolute Gasteiger partial charge is 0.268 e. The average molecular weight is 468 g/mol. The van der Waals surface area contributed by atoms with E-state index in [1.54, 1.807) is 41.1 Å². The Morgan fingerprint density at radius 2 is 2.00 bits per heavy atom. The van der Waals surface area contributed by atoms with E-state index in [-0.39, 0.29) is 10.7 Å². The molecule has 0 atom stereocenters. The summed E-state index contributed by atoms with van der Waals surface area (Å²) in [6.45, 7) is 0. The zero-order chi connectivity index (χ0) is 21.2. The number of halogens is 2. The van der Waals surface area contributed by atoms with Crippen LogP contribution < -0.4 is 5.32 Å². The molecule has 3 aromatic rings. The number of anilines is 1. The number of amides is 1. The first-order valence-electron chi connectivity index (χ1n) is 7.78. The third kappa shape index (κ3) is 5.02. The van der Waals surface area contributed by atoms with Gasteiger partial charge in [-0.1, -0.05) is 23.2 Å². The fourth-order valence-electron chi connectivity index (χ4n) is 2.30. The normalized spacial score (nSPS) is 11.9. The van der Waals surface area contributed by atoms with Crippen molar-refractivity contribution in [1.29, 1.82) is 5.26 Å². The molecule has 0 saturated heterocycles. The van der Waals surface area contributed by atoms with E-state index in [9.17, 15) is 18.5 Å². The number of benzene rings is 1. The minimum atomic E-state index is -3.60. The molecule has 8 nitrogen and oxygen atoms in total. The van der Waals surface area contributed by atoms with Crippen molar-refractivity contribution < 1.29 is 13.2 Å². The van der Waals surface area contributed by atoms with Gasteiger partial charge in [0.2, 0.25) is 15.0 Å². The zero-order valence-corrected chi connectivity index (χ0v) is 17.8. The van der Waals surface area contributed by atoms with Crippen LogP contribution in [0, 0.1) is 11.3 Å². The monoisotopic (exact) mass is 467 g/mol. The van der Waals surface area contributed by atoms with Crippen LogP contribution in [-0.2, 0) is 14.6 Å². The lowest BCUT2D eigenvalue weighted by atomic mass is 10.2. The van der Waals surface area contributed by atoms with Crippen LogP contribution in [0.2, 0.25) is 10.0 Å². The lowest BCUT2D eigenvalue weighted by Crippen LogP contribution is -2.13. The highest BCUT2D eigenvalue weighted by atomic mass is 35.5. The van der Waals surface area contributed by atoms with Crippen molar-refractivity contribution in [3.05, 3.63) is 57.8 Å². The first-order valence-corrected chi connectivity index (χ1v) is 11.2. The van der Waals surface area contributed by atoms with Gasteiger partial charge in [-0.15, -0.1) is 0 Å². The maximum Gasteiger partial charge on any atom is 0.268 e. The van der Waals surface area contributed by atoms with Crippen molar-refractivity contribution in [2.75, 3.05) is 11.6 Å². The predicted molar refractivity (Wildman–Crippen MR) is 111 cm³/mol. The molecule has 3 rings (SSSR count). The van der Waals surface area contributed by atoms with Crippen LogP contribution in [0.4, 0.5) is 5.13 Å². The summed E-state index contributed by atoms with van der Waals surface area (Å²) in [6, 6.07) is 10.2. The fourth-order valence-corrected chi connectivity index (χ4v) is 4.25. The average Bonchev–Trinajstić information content (AvgIpc) is 3.27. The summed E-state index contributed by atoms with van der Waals surface area (Å²) in [5.41, 5.74) is 0.969. The van der Waals surface area contributed by atoms with Crippen LogP contribution in [-0.4, -0.2) is 34.5 Å². The molecule has 1 aromatic carbocycles. The molecule has 0 bridgehead atoms. The molecule has 2 aromatic heterocycles. The van der Waals surface area contributed by atoms with Gasteiger partial charge in [0.05, 0.1) is 0 Å². The van der Waals surface area contributed by atoms with Crippen molar-refractivity contribution >= 4 is 61.7 Å². The van der Waals surface area contributed by atoms with Crippen LogP contribution in [0.3, 0.4) is 0 Å². The second-order valence-corrected chi connectivity index (χ2v) is 9.24. The van der Waals surface area contributed by atoms with E-state index in [1.165, 1.54) is 6.08 Å². The van der Waals surface area contributed by atoms with Gasteiger partial charge in [0.1, 0.15) is 11.6 Å². The Balaban J connectivity index is 1.89. The lowest BCUT2D eigenvalue weighted by molar-refractivity contribution is -0.112. The molecule has 0 aliphatic carbocycles. The number of nitrogens with one attached hydrogen (secondary N) is 1. The lowest BCUT2D eigenvalue weighted by Gasteiger charge is -2.08. The Kier molecular flexibility index (Phi) is 6.04. The number of aromatic nitrogens is 3. The van der Waals surface area contributed by atoms with Gasteiger partial charge in [0.25, 0.3) is 11.1 Å². The standard InChI is InChI=1S/C17H11Cl2N5O3S2/c1-29(26,27)17-22-16(28-23-17)21-15(25)10(9-20)5-13-3-2-4-24(13)14-7-11(18)6-12(19)8-14/h2-8H,1H3,(H,21,22,23,25). The zero-order valence-electron chi connectivity index (χ0n) is 14.6. The van der Waals surface area contributed by atoms with Gasteiger partial charge in [0, 0.05) is 45.4 Å². The van der Waals surface area contributed by atoms with E-state index in [0.29, 0.717) is 33.0 Å². The Hall–Kier alpha value is -2.71. The highest BCUT2D eigenvalue weighted by Crippen LogP contribution is 2.24. The van der Waals surface area contributed by atoms with Crippen LogP contribution in [0.1, 0.15) is 5.69 Å². The van der Waals surface area contributed by atoms with Crippen LogP contribution in [0.25, 0.3) is 11.8 Å². The Morgan fingerprint density at radius 3 is 2.59 bits per heavy atom. The molecule has 0 fully saturated rings. The predicted octanol–water partition coefficient (Wildman–Crippen LogP) is 3.58. The molecule has 1 amide bonds. The molecule has 12 heteroatoms. The molecule has 0 aliphatic heterocycles. The molecule has 2 heterocycles. The SMILES string of the molecule is CS(=O)(=O)c1nsc(NC(=O)C(C#N)=Cc2cccn2-c2cc(Cl)cc(Cl)c2)n1.